The van der Waals surface area contributed by atoms with Crippen LogP contribution in [0.2, 0.25) is 10.0 Å². The summed E-state index contributed by atoms with van der Waals surface area (Å²) in [5.41, 5.74) is 0.869. The Morgan fingerprint density at radius 3 is 2.76 bits per heavy atom. The third-order valence-corrected chi connectivity index (χ3v) is 3.97. The number of carbonyl (C=O) groups excluding carboxylic acids is 1. The number of thioether (sulfide) groups is 1. The monoisotopic (exact) mass is 342 g/mol. The third-order valence-electron chi connectivity index (χ3n) is 2.53. The van der Waals surface area contributed by atoms with Gasteiger partial charge in [0.25, 0.3) is 0 Å². The molecule has 0 aliphatic carbocycles. The summed E-state index contributed by atoms with van der Waals surface area (Å²) in [7, 11) is 0. The topological polar surface area (TPSA) is 52.1 Å². The Kier molecular flexibility index (Phi) is 5.45. The van der Waals surface area contributed by atoms with E-state index >= 15 is 0 Å². The van der Waals surface area contributed by atoms with E-state index in [1.54, 1.807) is 18.2 Å². The van der Waals surface area contributed by atoms with E-state index in [0.717, 1.165) is 11.3 Å². The number of esters is 1. The lowest BCUT2D eigenvalue weighted by molar-refractivity contribution is 0.0727. The minimum atomic E-state index is -0.623. The smallest absolute Gasteiger partial charge is 0.364 e. The maximum Gasteiger partial charge on any atom is 0.364 e. The molecule has 0 aliphatic heterocycles. The van der Waals surface area contributed by atoms with Crippen LogP contribution >= 0.6 is 35.0 Å². The lowest BCUT2D eigenvalue weighted by Gasteiger charge is -2.07. The molecule has 0 fully saturated rings. The van der Waals surface area contributed by atoms with E-state index in [1.807, 2.05) is 13.8 Å². The molecule has 7 heteroatoms. The van der Waals surface area contributed by atoms with Crippen molar-refractivity contribution in [3.8, 4) is 5.75 Å². The van der Waals surface area contributed by atoms with Crippen LogP contribution in [0.1, 0.15) is 23.0 Å². The zero-order chi connectivity index (χ0) is 15.4. The van der Waals surface area contributed by atoms with Gasteiger partial charge in [-0.25, -0.2) is 14.8 Å². The summed E-state index contributed by atoms with van der Waals surface area (Å²) in [4.78, 5) is 20.3. The molecule has 0 spiro atoms. The largest absolute Gasteiger partial charge is 0.422 e. The molecule has 1 aromatic carbocycles. The molecule has 1 heterocycles. The van der Waals surface area contributed by atoms with Crippen LogP contribution in [0.5, 0.6) is 5.75 Å². The summed E-state index contributed by atoms with van der Waals surface area (Å²) in [5.74, 6) is 0.565. The molecule has 1 aromatic heterocycles. The maximum atomic E-state index is 12.1. The fourth-order valence-electron chi connectivity index (χ4n) is 1.53. The van der Waals surface area contributed by atoms with Crippen molar-refractivity contribution in [3.63, 3.8) is 0 Å². The van der Waals surface area contributed by atoms with Gasteiger partial charge < -0.3 is 4.74 Å². The van der Waals surface area contributed by atoms with Gasteiger partial charge in [-0.05, 0) is 36.4 Å². The number of hydrogen-bond donors (Lipinski definition) is 0. The molecule has 110 valence electrons. The average Bonchev–Trinajstić information content (AvgIpc) is 2.45. The van der Waals surface area contributed by atoms with E-state index in [-0.39, 0.29) is 10.7 Å². The van der Waals surface area contributed by atoms with E-state index in [0.29, 0.717) is 15.9 Å². The molecule has 0 radical (unpaired) electrons. The quantitative estimate of drug-likeness (QED) is 0.356. The van der Waals surface area contributed by atoms with E-state index in [9.17, 15) is 4.79 Å². The first kappa shape index (κ1) is 16.1. The number of rotatable bonds is 4. The lowest BCUT2D eigenvalue weighted by Crippen LogP contribution is -2.12. The Balaban J connectivity index is 2.23. The van der Waals surface area contributed by atoms with Crippen molar-refractivity contribution in [2.45, 2.75) is 19.0 Å². The zero-order valence-corrected chi connectivity index (χ0v) is 13.7. The number of aryl methyl sites for hydroxylation is 1. The van der Waals surface area contributed by atoms with Crippen molar-refractivity contribution < 1.29 is 9.53 Å². The highest BCUT2D eigenvalue weighted by Gasteiger charge is 2.17. The van der Waals surface area contributed by atoms with Gasteiger partial charge in [0.1, 0.15) is 5.75 Å². The molecule has 2 aromatic rings. The molecule has 0 aliphatic rings. The number of hydrogen-bond acceptors (Lipinski definition) is 5. The Morgan fingerprint density at radius 1 is 1.33 bits per heavy atom. The molecule has 4 nitrogen and oxygen atoms in total. The van der Waals surface area contributed by atoms with Crippen molar-refractivity contribution in [2.75, 3.05) is 5.75 Å². The van der Waals surface area contributed by atoms with Crippen LogP contribution in [0.4, 0.5) is 0 Å². The van der Waals surface area contributed by atoms with Crippen molar-refractivity contribution >= 4 is 40.9 Å². The first-order valence-corrected chi connectivity index (χ1v) is 7.89. The van der Waals surface area contributed by atoms with E-state index < -0.39 is 5.97 Å². The predicted octanol–water partition coefficient (Wildman–Crippen LogP) is 4.42. The van der Waals surface area contributed by atoms with Crippen molar-refractivity contribution in [2.24, 2.45) is 0 Å². The van der Waals surface area contributed by atoms with Gasteiger partial charge in [-0.2, -0.15) is 0 Å². The first-order valence-electron chi connectivity index (χ1n) is 6.15. The van der Waals surface area contributed by atoms with E-state index in [1.165, 1.54) is 18.0 Å². The second-order valence-corrected chi connectivity index (χ2v) is 6.13. The minimum absolute atomic E-state index is 0.0511. The van der Waals surface area contributed by atoms with Crippen LogP contribution in [-0.4, -0.2) is 21.7 Å². The van der Waals surface area contributed by atoms with Gasteiger partial charge in [-0.1, -0.05) is 41.9 Å². The molecule has 0 amide bonds. The lowest BCUT2D eigenvalue weighted by atomic mass is 10.2. The van der Waals surface area contributed by atoms with Crippen LogP contribution in [0.15, 0.2) is 29.6 Å². The predicted molar refractivity (Wildman–Crippen MR) is 84.6 cm³/mol. The van der Waals surface area contributed by atoms with Gasteiger partial charge in [-0.3, -0.25) is 0 Å². The van der Waals surface area contributed by atoms with Crippen molar-refractivity contribution in [3.05, 3.63) is 45.7 Å². The Bertz CT molecular complexity index is 680. The summed E-state index contributed by atoms with van der Waals surface area (Å²) in [6.45, 7) is 3.80. The average molecular weight is 343 g/mol. The summed E-state index contributed by atoms with van der Waals surface area (Å²) in [6.07, 6.45) is 1.40. The standard InChI is InChI=1S/C14H12Cl2N2O2S/c1-3-21-14-17-7-11(16)12(18-14)13(19)20-9-4-5-10(15)8(2)6-9/h4-7H,3H2,1-2H3. The molecule has 0 unspecified atom stereocenters. The van der Waals surface area contributed by atoms with Crippen molar-refractivity contribution in [1.29, 1.82) is 0 Å². The molecular weight excluding hydrogens is 331 g/mol. The number of ether oxygens (including phenoxy) is 1. The SMILES string of the molecule is CCSc1ncc(Cl)c(C(=O)Oc2ccc(Cl)c(C)c2)n1. The van der Waals surface area contributed by atoms with Crippen LogP contribution in [-0.2, 0) is 0 Å². The number of carbonyl (C=O) groups is 1. The third kappa shape index (κ3) is 4.09. The van der Waals surface area contributed by atoms with Gasteiger partial charge in [0.15, 0.2) is 10.9 Å². The number of nitrogens with zero attached hydrogens (tertiary/aromatic N) is 2. The highest BCUT2D eigenvalue weighted by Crippen LogP contribution is 2.23. The number of aromatic nitrogens is 2. The Labute approximate surface area is 136 Å². The van der Waals surface area contributed by atoms with Gasteiger partial charge >= 0.3 is 5.97 Å². The molecule has 21 heavy (non-hydrogen) atoms. The van der Waals surface area contributed by atoms with Gasteiger partial charge in [0.2, 0.25) is 0 Å². The molecule has 0 N–H and O–H groups in total. The highest BCUT2D eigenvalue weighted by atomic mass is 35.5. The first-order chi connectivity index (χ1) is 10.0. The van der Waals surface area contributed by atoms with Gasteiger partial charge in [0.05, 0.1) is 11.2 Å². The number of halogens is 2. The summed E-state index contributed by atoms with van der Waals surface area (Å²) in [5, 5.41) is 1.25. The zero-order valence-electron chi connectivity index (χ0n) is 11.4. The fraction of sp³-hybridized carbons (Fsp3) is 0.214. The van der Waals surface area contributed by atoms with E-state index in [2.05, 4.69) is 9.97 Å². The highest BCUT2D eigenvalue weighted by molar-refractivity contribution is 7.99. The van der Waals surface area contributed by atoms with Crippen LogP contribution in [0.3, 0.4) is 0 Å². The molecule has 2 rings (SSSR count). The van der Waals surface area contributed by atoms with Gasteiger partial charge in [0, 0.05) is 5.02 Å². The minimum Gasteiger partial charge on any atom is -0.422 e. The molecule has 0 bridgehead atoms. The van der Waals surface area contributed by atoms with Crippen LogP contribution in [0, 0.1) is 6.92 Å². The summed E-state index contributed by atoms with van der Waals surface area (Å²) in [6, 6.07) is 4.96. The molecule has 0 saturated heterocycles. The van der Waals surface area contributed by atoms with E-state index in [4.69, 9.17) is 27.9 Å². The molecule has 0 saturated carbocycles. The van der Waals surface area contributed by atoms with Crippen LogP contribution in [0.25, 0.3) is 0 Å². The van der Waals surface area contributed by atoms with Gasteiger partial charge in [-0.15, -0.1) is 0 Å². The Morgan fingerprint density at radius 2 is 2.10 bits per heavy atom. The molecule has 0 atom stereocenters. The van der Waals surface area contributed by atoms with Crippen molar-refractivity contribution in [1.82, 2.24) is 9.97 Å². The molecular formula is C14H12Cl2N2O2S. The second kappa shape index (κ2) is 7.11. The van der Waals surface area contributed by atoms with Crippen LogP contribution < -0.4 is 4.74 Å². The summed E-state index contributed by atoms with van der Waals surface area (Å²) < 4.78 is 5.27. The second-order valence-electron chi connectivity index (χ2n) is 4.08. The number of benzene rings is 1. The maximum absolute atomic E-state index is 12.1. The summed E-state index contributed by atoms with van der Waals surface area (Å²) >= 11 is 13.3. The Hall–Kier alpha value is -1.30. The fourth-order valence-corrected chi connectivity index (χ4v) is 2.36. The normalized spacial score (nSPS) is 10.5.